The Labute approximate surface area is 83.8 Å². The number of rotatable bonds is 4. The van der Waals surface area contributed by atoms with Crippen molar-refractivity contribution in [2.45, 2.75) is 0 Å². The average molecular weight is 214 g/mol. The lowest BCUT2D eigenvalue weighted by Gasteiger charge is -2.20. The molecule has 0 aromatic heterocycles. The third-order valence-electron chi connectivity index (χ3n) is 1.69. The molecule has 0 aliphatic heterocycles. The lowest BCUT2D eigenvalue weighted by atomic mass is 10.3. The van der Waals surface area contributed by atoms with Crippen LogP contribution in [0, 0.1) is 6.07 Å². The summed E-state index contributed by atoms with van der Waals surface area (Å²) in [7, 11) is -3.32. The minimum absolute atomic E-state index is 0.0723. The summed E-state index contributed by atoms with van der Waals surface area (Å²) in [5.74, 6) is 0. The van der Waals surface area contributed by atoms with Crippen molar-refractivity contribution in [1.29, 1.82) is 0 Å². The topological polar surface area (TPSA) is 57.6 Å². The van der Waals surface area contributed by atoms with Gasteiger partial charge in [-0.05, 0) is 18.2 Å². The first-order valence-corrected chi connectivity index (χ1v) is 5.95. The van der Waals surface area contributed by atoms with Gasteiger partial charge in [0.2, 0.25) is 10.0 Å². The molecule has 1 N–H and O–H groups in total. The van der Waals surface area contributed by atoms with Crippen molar-refractivity contribution >= 4 is 15.7 Å². The first-order valence-electron chi connectivity index (χ1n) is 4.10. The molecule has 5 heteroatoms. The van der Waals surface area contributed by atoms with Crippen LogP contribution < -0.4 is 4.31 Å². The van der Waals surface area contributed by atoms with Crippen molar-refractivity contribution in [3.05, 3.63) is 30.3 Å². The SMILES string of the molecule is CS(=O)(=O)N(CCO)c1cc[c]cc1. The fourth-order valence-electron chi connectivity index (χ4n) is 1.12. The molecule has 1 aromatic rings. The number of hydrogen-bond donors (Lipinski definition) is 1. The normalized spacial score (nSPS) is 11.3. The Morgan fingerprint density at radius 1 is 1.43 bits per heavy atom. The number of nitrogens with zero attached hydrogens (tertiary/aromatic N) is 1. The second-order valence-corrected chi connectivity index (χ2v) is 4.72. The summed E-state index contributed by atoms with van der Waals surface area (Å²) < 4.78 is 23.8. The zero-order valence-electron chi connectivity index (χ0n) is 7.84. The van der Waals surface area contributed by atoms with E-state index < -0.39 is 10.0 Å². The van der Waals surface area contributed by atoms with Gasteiger partial charge in [0.05, 0.1) is 25.1 Å². The maximum atomic E-state index is 11.3. The molecule has 0 unspecified atom stereocenters. The van der Waals surface area contributed by atoms with Crippen LogP contribution in [0.1, 0.15) is 0 Å². The van der Waals surface area contributed by atoms with E-state index in [9.17, 15) is 8.42 Å². The average Bonchev–Trinajstić information content (AvgIpc) is 2.14. The lowest BCUT2D eigenvalue weighted by Crippen LogP contribution is -2.32. The molecular weight excluding hydrogens is 202 g/mol. The van der Waals surface area contributed by atoms with Crippen LogP contribution in [-0.2, 0) is 10.0 Å². The molecule has 0 amide bonds. The zero-order valence-corrected chi connectivity index (χ0v) is 8.66. The Bertz CT molecular complexity index is 374. The molecule has 0 heterocycles. The van der Waals surface area contributed by atoms with Gasteiger partial charge in [-0.25, -0.2) is 8.42 Å². The first-order chi connectivity index (χ1) is 6.55. The Hall–Kier alpha value is -1.07. The van der Waals surface area contributed by atoms with Crippen molar-refractivity contribution in [2.24, 2.45) is 0 Å². The van der Waals surface area contributed by atoms with E-state index in [0.717, 1.165) is 10.6 Å². The van der Waals surface area contributed by atoms with E-state index in [1.165, 1.54) is 0 Å². The minimum Gasteiger partial charge on any atom is -0.394 e. The summed E-state index contributed by atoms with van der Waals surface area (Å²) >= 11 is 0. The van der Waals surface area contributed by atoms with Crippen LogP contribution in [0.25, 0.3) is 0 Å². The minimum atomic E-state index is -3.32. The molecule has 0 fully saturated rings. The standard InChI is InChI=1S/C9H12NO3S/c1-14(12,13)10(7-8-11)9-5-3-2-4-6-9/h3-6,11H,7-8H2,1H3. The van der Waals surface area contributed by atoms with Crippen LogP contribution in [-0.4, -0.2) is 32.9 Å². The van der Waals surface area contributed by atoms with Crippen LogP contribution in [0.5, 0.6) is 0 Å². The molecule has 1 rings (SSSR count). The van der Waals surface area contributed by atoms with Crippen LogP contribution >= 0.6 is 0 Å². The summed E-state index contributed by atoms with van der Waals surface area (Å²) in [4.78, 5) is 0. The number of aliphatic hydroxyl groups excluding tert-OH is 1. The summed E-state index contributed by atoms with van der Waals surface area (Å²) in [6, 6.07) is 9.33. The van der Waals surface area contributed by atoms with Gasteiger partial charge in [-0.1, -0.05) is 12.1 Å². The number of anilines is 1. The number of hydrogen-bond acceptors (Lipinski definition) is 3. The van der Waals surface area contributed by atoms with Crippen LogP contribution in [0.2, 0.25) is 0 Å². The van der Waals surface area contributed by atoms with Crippen LogP contribution in [0.15, 0.2) is 24.3 Å². The van der Waals surface area contributed by atoms with Crippen LogP contribution in [0.3, 0.4) is 0 Å². The van der Waals surface area contributed by atoms with Gasteiger partial charge in [0.1, 0.15) is 0 Å². The summed E-state index contributed by atoms with van der Waals surface area (Å²) in [6.07, 6.45) is 1.11. The van der Waals surface area contributed by atoms with Crippen molar-refractivity contribution in [2.75, 3.05) is 23.7 Å². The Kier molecular flexibility index (Phi) is 3.49. The molecule has 1 aromatic carbocycles. The van der Waals surface area contributed by atoms with E-state index in [2.05, 4.69) is 6.07 Å². The first kappa shape index (κ1) is 11.0. The maximum absolute atomic E-state index is 11.3. The third-order valence-corrected chi connectivity index (χ3v) is 2.89. The predicted molar refractivity (Wildman–Crippen MR) is 54.6 cm³/mol. The van der Waals surface area contributed by atoms with Gasteiger partial charge in [-0.3, -0.25) is 4.31 Å². The van der Waals surface area contributed by atoms with Gasteiger partial charge in [0.15, 0.2) is 0 Å². The molecule has 0 aliphatic rings. The molecule has 14 heavy (non-hydrogen) atoms. The highest BCUT2D eigenvalue weighted by molar-refractivity contribution is 7.92. The summed E-state index contributed by atoms with van der Waals surface area (Å²) in [5, 5.41) is 8.75. The molecule has 0 saturated carbocycles. The lowest BCUT2D eigenvalue weighted by molar-refractivity contribution is 0.307. The fraction of sp³-hybridized carbons (Fsp3) is 0.333. The van der Waals surface area contributed by atoms with Gasteiger partial charge in [-0.15, -0.1) is 0 Å². The van der Waals surface area contributed by atoms with E-state index in [4.69, 9.17) is 5.11 Å². The molecule has 4 nitrogen and oxygen atoms in total. The van der Waals surface area contributed by atoms with Crippen LogP contribution in [0.4, 0.5) is 5.69 Å². The fourth-order valence-corrected chi connectivity index (χ4v) is 2.04. The Morgan fingerprint density at radius 2 is 2.00 bits per heavy atom. The van der Waals surface area contributed by atoms with Crippen molar-refractivity contribution in [3.63, 3.8) is 0 Å². The van der Waals surface area contributed by atoms with E-state index >= 15 is 0 Å². The Balaban J connectivity index is 3.02. The van der Waals surface area contributed by atoms with Crippen molar-refractivity contribution in [1.82, 2.24) is 0 Å². The molecule has 0 aliphatic carbocycles. The summed E-state index contributed by atoms with van der Waals surface area (Å²) in [6.45, 7) is -0.130. The van der Waals surface area contributed by atoms with E-state index in [0.29, 0.717) is 5.69 Å². The number of benzene rings is 1. The molecular formula is C9H12NO3S. The van der Waals surface area contributed by atoms with E-state index in [-0.39, 0.29) is 13.2 Å². The van der Waals surface area contributed by atoms with Gasteiger partial charge < -0.3 is 5.11 Å². The molecule has 0 bridgehead atoms. The molecule has 1 radical (unpaired) electrons. The van der Waals surface area contributed by atoms with Crippen molar-refractivity contribution in [3.8, 4) is 0 Å². The zero-order chi connectivity index (χ0) is 10.6. The van der Waals surface area contributed by atoms with Gasteiger partial charge >= 0.3 is 0 Å². The summed E-state index contributed by atoms with van der Waals surface area (Å²) in [5.41, 5.74) is 0.542. The van der Waals surface area contributed by atoms with Gasteiger partial charge in [-0.2, -0.15) is 0 Å². The molecule has 0 spiro atoms. The number of aliphatic hydroxyl groups is 1. The van der Waals surface area contributed by atoms with E-state index in [1.807, 2.05) is 0 Å². The second kappa shape index (κ2) is 4.43. The van der Waals surface area contributed by atoms with Gasteiger partial charge in [0, 0.05) is 0 Å². The third kappa shape index (κ3) is 2.71. The highest BCUT2D eigenvalue weighted by Gasteiger charge is 2.15. The predicted octanol–water partition coefficient (Wildman–Crippen LogP) is 0.245. The highest BCUT2D eigenvalue weighted by Crippen LogP contribution is 2.15. The van der Waals surface area contributed by atoms with E-state index in [1.54, 1.807) is 24.3 Å². The van der Waals surface area contributed by atoms with Crippen molar-refractivity contribution < 1.29 is 13.5 Å². The largest absolute Gasteiger partial charge is 0.394 e. The second-order valence-electron chi connectivity index (χ2n) is 2.82. The molecule has 0 atom stereocenters. The monoisotopic (exact) mass is 214 g/mol. The molecule has 0 saturated heterocycles. The Morgan fingerprint density at radius 3 is 2.43 bits per heavy atom. The highest BCUT2D eigenvalue weighted by atomic mass is 32.2. The smallest absolute Gasteiger partial charge is 0.232 e. The maximum Gasteiger partial charge on any atom is 0.232 e. The molecule has 77 valence electrons. The number of sulfonamides is 1. The quantitative estimate of drug-likeness (QED) is 0.781. The van der Waals surface area contributed by atoms with Gasteiger partial charge in [0.25, 0.3) is 0 Å².